The van der Waals surface area contributed by atoms with E-state index in [1.165, 1.54) is 11.8 Å². The molecule has 0 aliphatic carbocycles. The molecule has 1 heterocycles. The van der Waals surface area contributed by atoms with E-state index >= 15 is 0 Å². The minimum atomic E-state index is -0.651. The molecule has 1 aliphatic heterocycles. The average Bonchev–Trinajstić information content (AvgIpc) is 3.45. The van der Waals surface area contributed by atoms with Gasteiger partial charge >= 0.3 is 0 Å². The molecule has 0 radical (unpaired) electrons. The van der Waals surface area contributed by atoms with Crippen LogP contribution in [0.1, 0.15) is 44.4 Å². The summed E-state index contributed by atoms with van der Waals surface area (Å²) in [5, 5.41) is 13.7. The highest BCUT2D eigenvalue weighted by Gasteiger charge is 2.43. The number of anilines is 1. The SMILES string of the molecule is COc1cc(Br)c(CCNC(=O)C[C@H]2S[C@@H](c3ccc(C#Cc4ccccc4)cc3)N(c3cccc(C(=O)NCCO)c3)C2=O)cc1OC. The Labute approximate surface area is 298 Å². The van der Waals surface area contributed by atoms with Crippen LogP contribution >= 0.6 is 27.7 Å². The predicted octanol–water partition coefficient (Wildman–Crippen LogP) is 5.48. The molecule has 3 amide bonds. The summed E-state index contributed by atoms with van der Waals surface area (Å²) in [6.45, 7) is 0.293. The van der Waals surface area contributed by atoms with Crippen LogP contribution in [-0.2, 0) is 16.0 Å². The van der Waals surface area contributed by atoms with Crippen LogP contribution in [0.5, 0.6) is 11.5 Å². The number of amides is 3. The van der Waals surface area contributed by atoms with E-state index in [1.54, 1.807) is 43.4 Å². The maximum Gasteiger partial charge on any atom is 0.251 e. The Hall–Kier alpha value is -4.76. The van der Waals surface area contributed by atoms with E-state index in [9.17, 15) is 14.4 Å². The fraction of sp³-hybridized carbons (Fsp3) is 0.237. The molecular weight excluding hydrogens is 706 g/mol. The molecule has 4 aromatic rings. The minimum absolute atomic E-state index is 0.0130. The number of carbonyl (C=O) groups excluding carboxylic acids is 3. The monoisotopic (exact) mass is 741 g/mol. The molecule has 4 aromatic carbocycles. The lowest BCUT2D eigenvalue weighted by Crippen LogP contribution is -2.35. The molecule has 1 aliphatic rings. The Balaban J connectivity index is 1.33. The number of hydrogen-bond donors (Lipinski definition) is 3. The number of hydrogen-bond acceptors (Lipinski definition) is 7. The van der Waals surface area contributed by atoms with Gasteiger partial charge in [-0.3, -0.25) is 19.3 Å². The van der Waals surface area contributed by atoms with Gasteiger partial charge in [0.1, 0.15) is 5.37 Å². The van der Waals surface area contributed by atoms with Crippen LogP contribution in [0.3, 0.4) is 0 Å². The number of carbonyl (C=O) groups is 3. The molecule has 9 nitrogen and oxygen atoms in total. The van der Waals surface area contributed by atoms with Gasteiger partial charge in [-0.15, -0.1) is 11.8 Å². The van der Waals surface area contributed by atoms with Crippen LogP contribution in [0, 0.1) is 11.8 Å². The normalized spacial score (nSPS) is 15.3. The largest absolute Gasteiger partial charge is 0.493 e. The number of benzene rings is 4. The predicted molar refractivity (Wildman–Crippen MR) is 195 cm³/mol. The van der Waals surface area contributed by atoms with Gasteiger partial charge < -0.3 is 25.2 Å². The average molecular weight is 743 g/mol. The molecule has 1 saturated heterocycles. The van der Waals surface area contributed by atoms with Gasteiger partial charge in [-0.2, -0.15) is 0 Å². The smallest absolute Gasteiger partial charge is 0.251 e. The van der Waals surface area contributed by atoms with Crippen molar-refractivity contribution in [2.24, 2.45) is 0 Å². The number of rotatable bonds is 12. The quantitative estimate of drug-likeness (QED) is 0.165. The van der Waals surface area contributed by atoms with Gasteiger partial charge in [-0.25, -0.2) is 0 Å². The molecule has 5 rings (SSSR count). The van der Waals surface area contributed by atoms with Crippen molar-refractivity contribution in [2.75, 3.05) is 38.8 Å². The van der Waals surface area contributed by atoms with Gasteiger partial charge in [0, 0.05) is 46.4 Å². The summed E-state index contributed by atoms with van der Waals surface area (Å²) in [6, 6.07) is 27.9. The van der Waals surface area contributed by atoms with Crippen molar-refractivity contribution in [1.82, 2.24) is 10.6 Å². The fourth-order valence-corrected chi connectivity index (χ4v) is 7.27. The summed E-state index contributed by atoms with van der Waals surface area (Å²) in [4.78, 5) is 41.5. The van der Waals surface area contributed by atoms with Gasteiger partial charge in [0.25, 0.3) is 5.91 Å². The van der Waals surface area contributed by atoms with Gasteiger partial charge in [0.15, 0.2) is 11.5 Å². The third-order valence-corrected chi connectivity index (χ3v) is 9.96. The number of nitrogens with one attached hydrogen (secondary N) is 2. The second-order valence-corrected chi connectivity index (χ2v) is 13.2. The van der Waals surface area contributed by atoms with Crippen molar-refractivity contribution >= 4 is 51.1 Å². The molecule has 3 N–H and O–H groups in total. The third kappa shape index (κ3) is 9.03. The number of aliphatic hydroxyl groups excluding tert-OH is 1. The first-order valence-corrected chi connectivity index (χ1v) is 17.4. The highest BCUT2D eigenvalue weighted by molar-refractivity contribution is 9.10. The fourth-order valence-electron chi connectivity index (χ4n) is 5.30. The number of thioether (sulfide) groups is 1. The molecule has 2 atom stereocenters. The molecule has 1 fully saturated rings. The highest BCUT2D eigenvalue weighted by atomic mass is 79.9. The Morgan fingerprint density at radius 3 is 2.27 bits per heavy atom. The van der Waals surface area contributed by atoms with E-state index < -0.39 is 10.6 Å². The molecule has 11 heteroatoms. The van der Waals surface area contributed by atoms with Gasteiger partial charge in [-0.1, -0.05) is 64.2 Å². The molecule has 49 heavy (non-hydrogen) atoms. The summed E-state index contributed by atoms with van der Waals surface area (Å²) in [5.41, 5.74) is 4.43. The van der Waals surface area contributed by atoms with Crippen molar-refractivity contribution < 1.29 is 29.0 Å². The highest BCUT2D eigenvalue weighted by Crippen LogP contribution is 2.47. The molecule has 0 unspecified atom stereocenters. The van der Waals surface area contributed by atoms with Crippen LogP contribution in [0.15, 0.2) is 95.5 Å². The maximum absolute atomic E-state index is 14.0. The van der Waals surface area contributed by atoms with Gasteiger partial charge in [-0.05, 0) is 72.1 Å². The zero-order valence-electron chi connectivity index (χ0n) is 27.1. The number of nitrogens with zero attached hydrogens (tertiary/aromatic N) is 1. The van der Waals surface area contributed by atoms with Crippen molar-refractivity contribution in [3.63, 3.8) is 0 Å². The molecule has 252 valence electrons. The number of methoxy groups -OCH3 is 2. The lowest BCUT2D eigenvalue weighted by atomic mass is 10.1. The first-order chi connectivity index (χ1) is 23.8. The van der Waals surface area contributed by atoms with Crippen molar-refractivity contribution in [2.45, 2.75) is 23.5 Å². The summed E-state index contributed by atoms with van der Waals surface area (Å²) in [7, 11) is 3.14. The molecule has 0 saturated carbocycles. The number of halogens is 1. The Morgan fingerprint density at radius 1 is 0.878 bits per heavy atom. The van der Waals surface area contributed by atoms with Crippen LogP contribution in [0.2, 0.25) is 0 Å². The van der Waals surface area contributed by atoms with Crippen LogP contribution in [0.4, 0.5) is 5.69 Å². The zero-order chi connectivity index (χ0) is 34.8. The van der Waals surface area contributed by atoms with Crippen molar-refractivity contribution in [3.05, 3.63) is 123 Å². The van der Waals surface area contributed by atoms with Crippen LogP contribution in [-0.4, -0.2) is 62.0 Å². The Kier molecular flexibility index (Phi) is 12.4. The molecule has 0 bridgehead atoms. The van der Waals surface area contributed by atoms with Crippen molar-refractivity contribution in [1.29, 1.82) is 0 Å². The van der Waals surface area contributed by atoms with E-state index in [0.717, 1.165) is 26.7 Å². The van der Waals surface area contributed by atoms with Crippen LogP contribution in [0.25, 0.3) is 0 Å². The van der Waals surface area contributed by atoms with E-state index in [4.69, 9.17) is 14.6 Å². The van der Waals surface area contributed by atoms with Gasteiger partial charge in [0.2, 0.25) is 11.8 Å². The molecule has 0 spiro atoms. The molecule has 0 aromatic heterocycles. The Bertz CT molecular complexity index is 1860. The lowest BCUT2D eigenvalue weighted by Gasteiger charge is -2.25. The maximum atomic E-state index is 14.0. The summed E-state index contributed by atoms with van der Waals surface area (Å²) in [6.07, 6.45) is 0.527. The summed E-state index contributed by atoms with van der Waals surface area (Å²) >= 11 is 4.96. The van der Waals surface area contributed by atoms with E-state index in [-0.39, 0.29) is 37.3 Å². The van der Waals surface area contributed by atoms with E-state index in [2.05, 4.69) is 38.4 Å². The second-order valence-electron chi connectivity index (χ2n) is 11.1. The summed E-state index contributed by atoms with van der Waals surface area (Å²) < 4.78 is 11.6. The second kappa shape index (κ2) is 17.1. The standard InChI is InChI=1S/C38H36BrN3O6S/c1-47-32-22-28(31(39)23-33(32)48-2)17-18-40-35(44)24-34-37(46)42(30-10-6-9-29(21-30)36(45)41-19-20-43)38(49-34)27-15-13-26(14-16-27)12-11-25-7-4-3-5-8-25/h3-10,13-16,21-23,34,38,43H,17-20,24H2,1-2H3,(H,40,44)(H,41,45)/t34-,38+/m1/s1. The van der Waals surface area contributed by atoms with Crippen LogP contribution < -0.4 is 25.0 Å². The lowest BCUT2D eigenvalue weighted by molar-refractivity contribution is -0.124. The van der Waals surface area contributed by atoms with E-state index in [0.29, 0.717) is 35.7 Å². The Morgan fingerprint density at radius 2 is 1.57 bits per heavy atom. The number of aliphatic hydroxyl groups is 1. The van der Waals surface area contributed by atoms with E-state index in [1.807, 2.05) is 66.7 Å². The summed E-state index contributed by atoms with van der Waals surface area (Å²) in [5.74, 6) is 6.71. The van der Waals surface area contributed by atoms with Gasteiger partial charge in [0.05, 0.1) is 26.1 Å². The molecular formula is C38H36BrN3O6S. The zero-order valence-corrected chi connectivity index (χ0v) is 29.5. The number of ether oxygens (including phenoxy) is 2. The van der Waals surface area contributed by atoms with Crippen molar-refractivity contribution in [3.8, 4) is 23.3 Å². The first kappa shape index (κ1) is 35.5. The first-order valence-electron chi connectivity index (χ1n) is 15.6. The topological polar surface area (TPSA) is 117 Å². The minimum Gasteiger partial charge on any atom is -0.493 e. The third-order valence-electron chi connectivity index (χ3n) is 7.79.